The summed E-state index contributed by atoms with van der Waals surface area (Å²) in [7, 11) is 3.65. The monoisotopic (exact) mass is 502 g/mol. The Hall–Kier alpha value is -3.10. The molecule has 2 aliphatic heterocycles. The summed E-state index contributed by atoms with van der Waals surface area (Å²) in [5.41, 5.74) is 1.13. The van der Waals surface area contributed by atoms with Gasteiger partial charge in [-0.3, -0.25) is 9.88 Å². The van der Waals surface area contributed by atoms with Crippen molar-refractivity contribution in [1.82, 2.24) is 19.7 Å². The summed E-state index contributed by atoms with van der Waals surface area (Å²) in [5, 5.41) is 14.2. The lowest BCUT2D eigenvalue weighted by Gasteiger charge is -2.24. The predicted octanol–water partition coefficient (Wildman–Crippen LogP) is 2.39. The van der Waals surface area contributed by atoms with Crippen LogP contribution in [-0.4, -0.2) is 100 Å². The Labute approximate surface area is 190 Å². The highest BCUT2D eigenvalue weighted by molar-refractivity contribution is 5.74. The molecule has 2 atom stereocenters. The molecule has 0 saturated carbocycles. The number of pyridine rings is 1. The van der Waals surface area contributed by atoms with Crippen LogP contribution in [0.1, 0.15) is 5.69 Å². The van der Waals surface area contributed by atoms with Crippen LogP contribution in [-0.2, 0) is 16.1 Å². The molecule has 1 aromatic rings. The Morgan fingerprint density at radius 2 is 1.38 bits per heavy atom. The van der Waals surface area contributed by atoms with E-state index in [4.69, 9.17) is 19.8 Å². The fourth-order valence-electron chi connectivity index (χ4n) is 3.38. The predicted molar refractivity (Wildman–Crippen MR) is 105 cm³/mol. The first-order valence-corrected chi connectivity index (χ1v) is 9.71. The van der Waals surface area contributed by atoms with Crippen LogP contribution >= 0.6 is 0 Å². The first-order valence-electron chi connectivity index (χ1n) is 9.71. The van der Waals surface area contributed by atoms with Crippen molar-refractivity contribution < 1.29 is 50.9 Å². The minimum absolute atomic E-state index is 0.149. The average Bonchev–Trinajstić information content (AvgIpc) is 3.26. The van der Waals surface area contributed by atoms with E-state index in [0.717, 1.165) is 38.4 Å². The van der Waals surface area contributed by atoms with E-state index in [1.807, 2.05) is 37.3 Å². The van der Waals surface area contributed by atoms with Gasteiger partial charge in [-0.2, -0.15) is 26.3 Å². The number of likely N-dealkylation sites (tertiary alicyclic amines) is 2. The van der Waals surface area contributed by atoms with E-state index in [1.54, 1.807) is 4.90 Å². The number of alkyl halides is 6. The smallest absolute Gasteiger partial charge is 0.475 e. The zero-order chi connectivity index (χ0) is 26.3. The van der Waals surface area contributed by atoms with Gasteiger partial charge in [0.25, 0.3) is 0 Å². The van der Waals surface area contributed by atoms with Crippen molar-refractivity contribution in [2.45, 2.75) is 18.9 Å². The third kappa shape index (κ3) is 9.41. The zero-order valence-electron chi connectivity index (χ0n) is 18.2. The maximum absolute atomic E-state index is 12.0. The molecule has 0 bridgehead atoms. The van der Waals surface area contributed by atoms with Crippen molar-refractivity contribution in [3.05, 3.63) is 30.1 Å². The Morgan fingerprint density at radius 3 is 1.71 bits per heavy atom. The van der Waals surface area contributed by atoms with Crippen LogP contribution < -0.4 is 0 Å². The Balaban J connectivity index is 0.000000343. The SMILES string of the molecule is CN(C)C(=O)N1CC2CN(Cc3ccccn3)CC2C1.O=C(O)C(F)(F)F.O=C(O)C(F)(F)F. The van der Waals surface area contributed by atoms with Gasteiger partial charge in [0.05, 0.1) is 5.69 Å². The molecule has 0 spiro atoms. The van der Waals surface area contributed by atoms with E-state index in [0.29, 0.717) is 11.8 Å². The third-order valence-electron chi connectivity index (χ3n) is 4.81. The third-order valence-corrected chi connectivity index (χ3v) is 4.81. The van der Waals surface area contributed by atoms with Crippen LogP contribution in [0.15, 0.2) is 24.4 Å². The maximum atomic E-state index is 12.0. The molecule has 2 amide bonds. The largest absolute Gasteiger partial charge is 0.490 e. The van der Waals surface area contributed by atoms with Gasteiger partial charge in [0.15, 0.2) is 0 Å². The van der Waals surface area contributed by atoms with Crippen LogP contribution in [0.4, 0.5) is 31.1 Å². The first kappa shape index (κ1) is 28.9. The molecule has 0 aliphatic carbocycles. The molecular weight excluding hydrogens is 478 g/mol. The quantitative estimate of drug-likeness (QED) is 0.597. The van der Waals surface area contributed by atoms with Crippen LogP contribution in [0.3, 0.4) is 0 Å². The number of carbonyl (C=O) groups is 3. The number of amides is 2. The number of carboxylic acids is 2. The van der Waals surface area contributed by atoms with Crippen molar-refractivity contribution in [2.75, 3.05) is 40.3 Å². The van der Waals surface area contributed by atoms with Crippen LogP contribution in [0, 0.1) is 11.8 Å². The summed E-state index contributed by atoms with van der Waals surface area (Å²) in [5.74, 6) is -4.26. The second kappa shape index (κ2) is 11.9. The van der Waals surface area contributed by atoms with Gasteiger partial charge in [0.2, 0.25) is 0 Å². The highest BCUT2D eigenvalue weighted by atomic mass is 19.4. The number of nitrogens with zero attached hydrogens (tertiary/aromatic N) is 4. The normalized spacial score (nSPS) is 19.8. The molecule has 15 heteroatoms. The van der Waals surface area contributed by atoms with E-state index >= 15 is 0 Å². The number of halogens is 6. The Kier molecular flexibility index (Phi) is 10.1. The lowest BCUT2D eigenvalue weighted by molar-refractivity contribution is -0.193. The Bertz CT molecular complexity index is 797. The number of hydrogen-bond acceptors (Lipinski definition) is 5. The van der Waals surface area contributed by atoms with Gasteiger partial charge in [-0.15, -0.1) is 0 Å². The Morgan fingerprint density at radius 1 is 0.941 bits per heavy atom. The number of rotatable bonds is 2. The first-order chi connectivity index (χ1) is 15.5. The fourth-order valence-corrected chi connectivity index (χ4v) is 3.38. The summed E-state index contributed by atoms with van der Waals surface area (Å²) in [6.45, 7) is 4.90. The van der Waals surface area contributed by atoms with Gasteiger partial charge >= 0.3 is 30.3 Å². The van der Waals surface area contributed by atoms with Crippen molar-refractivity contribution in [3.8, 4) is 0 Å². The van der Waals surface area contributed by atoms with E-state index in [9.17, 15) is 31.1 Å². The molecule has 3 rings (SSSR count). The van der Waals surface area contributed by atoms with Crippen LogP contribution in [0.2, 0.25) is 0 Å². The van der Waals surface area contributed by atoms with Crippen LogP contribution in [0.25, 0.3) is 0 Å². The summed E-state index contributed by atoms with van der Waals surface area (Å²) >= 11 is 0. The number of fused-ring (bicyclic) bond motifs is 1. The molecule has 0 aromatic carbocycles. The van der Waals surface area contributed by atoms with Crippen LogP contribution in [0.5, 0.6) is 0 Å². The molecule has 2 aliphatic rings. The lowest BCUT2D eigenvalue weighted by atomic mass is 10.0. The van der Waals surface area contributed by atoms with Gasteiger partial charge in [-0.1, -0.05) is 6.07 Å². The summed E-state index contributed by atoms with van der Waals surface area (Å²) in [4.78, 5) is 40.3. The molecular formula is C19H24F6N4O5. The van der Waals surface area contributed by atoms with Crippen molar-refractivity contribution in [1.29, 1.82) is 0 Å². The molecule has 1 aromatic heterocycles. The minimum atomic E-state index is -5.08. The van der Waals surface area contributed by atoms with Crippen molar-refractivity contribution in [2.24, 2.45) is 11.8 Å². The highest BCUT2D eigenvalue weighted by Gasteiger charge is 2.42. The number of hydrogen-bond donors (Lipinski definition) is 2. The van der Waals surface area contributed by atoms with E-state index < -0.39 is 24.3 Å². The number of carbonyl (C=O) groups excluding carboxylic acids is 1. The van der Waals surface area contributed by atoms with Gasteiger partial charge in [0.1, 0.15) is 0 Å². The van der Waals surface area contributed by atoms with Crippen molar-refractivity contribution >= 4 is 18.0 Å². The molecule has 2 N–H and O–H groups in total. The maximum Gasteiger partial charge on any atom is 0.490 e. The topological polar surface area (TPSA) is 114 Å². The summed E-state index contributed by atoms with van der Waals surface area (Å²) < 4.78 is 63.5. The fraction of sp³-hybridized carbons (Fsp3) is 0.579. The van der Waals surface area contributed by atoms with E-state index in [2.05, 4.69) is 16.0 Å². The minimum Gasteiger partial charge on any atom is -0.475 e. The number of aliphatic carboxylic acids is 2. The molecule has 2 unspecified atom stereocenters. The zero-order valence-corrected chi connectivity index (χ0v) is 18.2. The lowest BCUT2D eigenvalue weighted by Crippen LogP contribution is -2.39. The second-order valence-corrected chi connectivity index (χ2v) is 7.72. The number of aromatic nitrogens is 1. The molecule has 34 heavy (non-hydrogen) atoms. The highest BCUT2D eigenvalue weighted by Crippen LogP contribution is 2.32. The molecule has 192 valence electrons. The second-order valence-electron chi connectivity index (χ2n) is 7.72. The van der Waals surface area contributed by atoms with Gasteiger partial charge in [-0.25, -0.2) is 14.4 Å². The standard InChI is InChI=1S/C15H22N4O.2C2HF3O2/c1-17(2)15(20)19-9-12-7-18(8-13(12)10-19)11-14-5-3-4-6-16-14;2*3-2(4,5)1(6)7/h3-6,12-13H,7-11H2,1-2H3;2*(H,6,7). The molecule has 0 radical (unpaired) electrons. The molecule has 2 saturated heterocycles. The van der Waals surface area contributed by atoms with E-state index in [-0.39, 0.29) is 6.03 Å². The molecule has 9 nitrogen and oxygen atoms in total. The summed E-state index contributed by atoms with van der Waals surface area (Å²) in [6, 6.07) is 6.22. The van der Waals surface area contributed by atoms with E-state index in [1.165, 1.54) is 0 Å². The van der Waals surface area contributed by atoms with Gasteiger partial charge in [-0.05, 0) is 24.0 Å². The average molecular weight is 502 g/mol. The number of urea groups is 1. The van der Waals surface area contributed by atoms with Gasteiger partial charge < -0.3 is 20.0 Å². The number of carboxylic acid groups (broad SMARTS) is 2. The summed E-state index contributed by atoms with van der Waals surface area (Å²) in [6.07, 6.45) is -8.32. The molecule has 3 heterocycles. The van der Waals surface area contributed by atoms with Gasteiger partial charge in [0, 0.05) is 53.0 Å². The molecule has 2 fully saturated rings. The van der Waals surface area contributed by atoms with Crippen molar-refractivity contribution in [3.63, 3.8) is 0 Å².